The summed E-state index contributed by atoms with van der Waals surface area (Å²) in [6, 6.07) is 0. The molecule has 0 radical (unpaired) electrons. The van der Waals surface area contributed by atoms with E-state index in [4.69, 9.17) is 9.47 Å². The van der Waals surface area contributed by atoms with Crippen LogP contribution < -0.4 is 0 Å². The largest absolute Gasteiger partial charge is 0.384 e. The van der Waals surface area contributed by atoms with Gasteiger partial charge in [-0.25, -0.2) is 0 Å². The van der Waals surface area contributed by atoms with Crippen LogP contribution in [0.2, 0.25) is 0 Å². The number of rotatable bonds is 4. The van der Waals surface area contributed by atoms with Crippen molar-refractivity contribution in [2.24, 2.45) is 5.92 Å². The highest BCUT2D eigenvalue weighted by Gasteiger charge is 2.38. The van der Waals surface area contributed by atoms with E-state index in [0.29, 0.717) is 13.2 Å². The first-order valence-corrected chi connectivity index (χ1v) is 4.84. The molecule has 0 bridgehead atoms. The molecule has 0 aliphatic carbocycles. The number of aldehydes is 1. The minimum absolute atomic E-state index is 0.148. The van der Waals surface area contributed by atoms with Crippen molar-refractivity contribution in [2.45, 2.75) is 31.8 Å². The van der Waals surface area contributed by atoms with Crippen molar-refractivity contribution in [3.05, 3.63) is 0 Å². The summed E-state index contributed by atoms with van der Waals surface area (Å²) in [6.45, 7) is 3.29. The summed E-state index contributed by atoms with van der Waals surface area (Å²) in [5.74, 6) is 0.148. The molecule has 13 heavy (non-hydrogen) atoms. The van der Waals surface area contributed by atoms with E-state index >= 15 is 0 Å². The van der Waals surface area contributed by atoms with Crippen LogP contribution in [0.15, 0.2) is 0 Å². The second kappa shape index (κ2) is 4.72. The van der Waals surface area contributed by atoms with E-state index in [0.717, 1.165) is 25.5 Å². The molecule has 1 aliphatic heterocycles. The van der Waals surface area contributed by atoms with Crippen molar-refractivity contribution < 1.29 is 14.3 Å². The quantitative estimate of drug-likeness (QED) is 0.623. The minimum Gasteiger partial charge on any atom is -0.384 e. The predicted octanol–water partition coefficient (Wildman–Crippen LogP) is 1.41. The number of hydrogen-bond acceptors (Lipinski definition) is 3. The Morgan fingerprint density at radius 3 is 2.85 bits per heavy atom. The molecule has 0 aromatic heterocycles. The van der Waals surface area contributed by atoms with Crippen LogP contribution in [0.4, 0.5) is 0 Å². The van der Waals surface area contributed by atoms with Crippen LogP contribution in [0.5, 0.6) is 0 Å². The van der Waals surface area contributed by atoms with Gasteiger partial charge in [-0.1, -0.05) is 6.92 Å². The second-order valence-electron chi connectivity index (χ2n) is 3.73. The standard InChI is InChI=1S/C10H18O3/c1-9(7-12-2)10(8-11)5-3-4-6-13-10/h8-9H,3-7H2,1-2H3. The first-order chi connectivity index (χ1) is 6.25. The van der Waals surface area contributed by atoms with Crippen LogP contribution in [0.3, 0.4) is 0 Å². The van der Waals surface area contributed by atoms with Gasteiger partial charge in [0, 0.05) is 19.6 Å². The highest BCUT2D eigenvalue weighted by atomic mass is 16.5. The maximum absolute atomic E-state index is 11.0. The van der Waals surface area contributed by atoms with Crippen molar-refractivity contribution in [3.8, 4) is 0 Å². The van der Waals surface area contributed by atoms with Gasteiger partial charge in [-0.3, -0.25) is 0 Å². The predicted molar refractivity (Wildman–Crippen MR) is 49.6 cm³/mol. The third-order valence-electron chi connectivity index (χ3n) is 2.78. The topological polar surface area (TPSA) is 35.5 Å². The zero-order valence-corrected chi connectivity index (χ0v) is 8.41. The molecular weight excluding hydrogens is 168 g/mol. The summed E-state index contributed by atoms with van der Waals surface area (Å²) in [5.41, 5.74) is -0.575. The van der Waals surface area contributed by atoms with Gasteiger partial charge < -0.3 is 14.3 Å². The van der Waals surface area contributed by atoms with Crippen LogP contribution in [0.25, 0.3) is 0 Å². The fraction of sp³-hybridized carbons (Fsp3) is 0.900. The number of methoxy groups -OCH3 is 1. The molecule has 2 unspecified atom stereocenters. The van der Waals surface area contributed by atoms with Gasteiger partial charge in [-0.15, -0.1) is 0 Å². The number of carbonyl (C=O) groups is 1. The molecule has 76 valence electrons. The summed E-state index contributed by atoms with van der Waals surface area (Å²) < 4.78 is 10.6. The molecule has 0 saturated carbocycles. The number of carbonyl (C=O) groups excluding carboxylic acids is 1. The van der Waals surface area contributed by atoms with E-state index in [1.165, 1.54) is 0 Å². The van der Waals surface area contributed by atoms with E-state index in [9.17, 15) is 4.79 Å². The van der Waals surface area contributed by atoms with E-state index in [1.807, 2.05) is 6.92 Å². The Bertz CT molecular complexity index is 162. The smallest absolute Gasteiger partial charge is 0.152 e. The Labute approximate surface area is 79.4 Å². The molecule has 1 fully saturated rings. The first-order valence-electron chi connectivity index (χ1n) is 4.84. The van der Waals surface area contributed by atoms with Crippen LogP contribution in [-0.2, 0) is 14.3 Å². The first kappa shape index (κ1) is 10.7. The van der Waals surface area contributed by atoms with E-state index < -0.39 is 5.60 Å². The average Bonchev–Trinajstić information content (AvgIpc) is 2.19. The van der Waals surface area contributed by atoms with Gasteiger partial charge in [0.15, 0.2) is 6.29 Å². The van der Waals surface area contributed by atoms with Crippen LogP contribution in [-0.4, -0.2) is 32.2 Å². The van der Waals surface area contributed by atoms with Crippen molar-refractivity contribution >= 4 is 6.29 Å². The summed E-state index contributed by atoms with van der Waals surface area (Å²) >= 11 is 0. The zero-order chi connectivity index (χ0) is 9.73. The van der Waals surface area contributed by atoms with Gasteiger partial charge in [0.25, 0.3) is 0 Å². The maximum Gasteiger partial charge on any atom is 0.152 e. The SMILES string of the molecule is COCC(C)C1(C=O)CCCCO1. The average molecular weight is 186 g/mol. The summed E-state index contributed by atoms with van der Waals surface area (Å²) in [6.07, 6.45) is 3.93. The Balaban J connectivity index is 2.60. The molecule has 3 heteroatoms. The van der Waals surface area contributed by atoms with Gasteiger partial charge in [-0.05, 0) is 19.3 Å². The maximum atomic E-state index is 11.0. The van der Waals surface area contributed by atoms with Crippen molar-refractivity contribution in [1.29, 1.82) is 0 Å². The van der Waals surface area contributed by atoms with Crippen molar-refractivity contribution in [2.75, 3.05) is 20.3 Å². The Hall–Kier alpha value is -0.410. The molecular formula is C10H18O3. The molecule has 0 spiro atoms. The molecule has 1 saturated heterocycles. The molecule has 1 aliphatic rings. The summed E-state index contributed by atoms with van der Waals surface area (Å²) in [7, 11) is 1.65. The fourth-order valence-electron chi connectivity index (χ4n) is 1.83. The Morgan fingerprint density at radius 1 is 1.62 bits per heavy atom. The molecule has 0 aromatic carbocycles. The van der Waals surface area contributed by atoms with E-state index in [1.54, 1.807) is 7.11 Å². The molecule has 0 amide bonds. The van der Waals surface area contributed by atoms with E-state index in [-0.39, 0.29) is 5.92 Å². The Kier molecular flexibility index (Phi) is 3.88. The molecule has 1 rings (SSSR count). The molecule has 0 aromatic rings. The second-order valence-corrected chi connectivity index (χ2v) is 3.73. The lowest BCUT2D eigenvalue weighted by Crippen LogP contribution is -2.45. The lowest BCUT2D eigenvalue weighted by atomic mass is 9.84. The van der Waals surface area contributed by atoms with Crippen LogP contribution in [0.1, 0.15) is 26.2 Å². The van der Waals surface area contributed by atoms with Gasteiger partial charge in [-0.2, -0.15) is 0 Å². The molecule has 2 atom stereocenters. The third-order valence-corrected chi connectivity index (χ3v) is 2.78. The van der Waals surface area contributed by atoms with Crippen molar-refractivity contribution in [3.63, 3.8) is 0 Å². The van der Waals surface area contributed by atoms with Crippen molar-refractivity contribution in [1.82, 2.24) is 0 Å². The van der Waals surface area contributed by atoms with Crippen LogP contribution >= 0.6 is 0 Å². The lowest BCUT2D eigenvalue weighted by molar-refractivity contribution is -0.151. The van der Waals surface area contributed by atoms with Gasteiger partial charge in [0.2, 0.25) is 0 Å². The monoisotopic (exact) mass is 186 g/mol. The number of hydrogen-bond donors (Lipinski definition) is 0. The van der Waals surface area contributed by atoms with Gasteiger partial charge in [0.1, 0.15) is 5.60 Å². The summed E-state index contributed by atoms with van der Waals surface area (Å²) in [4.78, 5) is 11.0. The normalized spacial score (nSPS) is 31.2. The highest BCUT2D eigenvalue weighted by molar-refractivity contribution is 5.63. The highest BCUT2D eigenvalue weighted by Crippen LogP contribution is 2.30. The van der Waals surface area contributed by atoms with E-state index in [2.05, 4.69) is 0 Å². The minimum atomic E-state index is -0.575. The fourth-order valence-corrected chi connectivity index (χ4v) is 1.83. The Morgan fingerprint density at radius 2 is 2.38 bits per heavy atom. The lowest BCUT2D eigenvalue weighted by Gasteiger charge is -2.37. The molecule has 0 N–H and O–H groups in total. The molecule has 3 nitrogen and oxygen atoms in total. The number of ether oxygens (including phenoxy) is 2. The summed E-state index contributed by atoms with van der Waals surface area (Å²) in [5, 5.41) is 0. The molecule has 1 heterocycles. The van der Waals surface area contributed by atoms with Gasteiger partial charge >= 0.3 is 0 Å². The third kappa shape index (κ3) is 2.29. The zero-order valence-electron chi connectivity index (χ0n) is 8.41. The van der Waals surface area contributed by atoms with Crippen LogP contribution in [0, 0.1) is 5.92 Å². The van der Waals surface area contributed by atoms with Gasteiger partial charge in [0.05, 0.1) is 6.61 Å².